The normalized spacial score (nSPS) is 25.8. The van der Waals surface area contributed by atoms with Crippen molar-refractivity contribution in [3.63, 3.8) is 0 Å². The van der Waals surface area contributed by atoms with Gasteiger partial charge in [0.05, 0.1) is 24.4 Å². The van der Waals surface area contributed by atoms with Crippen molar-refractivity contribution < 1.29 is 27.6 Å². The average Bonchev–Trinajstić information content (AvgIpc) is 3.00. The molecular formula is C16H21BF2O4. The zero-order chi connectivity index (χ0) is 16.8. The highest BCUT2D eigenvalue weighted by atomic mass is 19.1. The standard InChI is InChI=1S/C16H21BF2O4/c1-15(2)16(3,4)23-17(22-15)10-7-12(18)14(13(19)8-10)21-11-5-6-20-9-11/h7-8,11H,5-6,9H2,1-4H3/t11-/m0/s1. The molecule has 2 heterocycles. The van der Waals surface area contributed by atoms with Crippen molar-refractivity contribution in [3.8, 4) is 5.75 Å². The summed E-state index contributed by atoms with van der Waals surface area (Å²) in [5.41, 5.74) is -0.837. The van der Waals surface area contributed by atoms with Gasteiger partial charge in [0.1, 0.15) is 6.10 Å². The summed E-state index contributed by atoms with van der Waals surface area (Å²) in [6.07, 6.45) is 0.305. The van der Waals surface area contributed by atoms with E-state index < -0.39 is 30.0 Å². The van der Waals surface area contributed by atoms with Crippen LogP contribution in [-0.4, -0.2) is 37.6 Å². The molecule has 7 heteroatoms. The third-order valence-electron chi connectivity index (χ3n) is 4.72. The van der Waals surface area contributed by atoms with Crippen LogP contribution in [0.25, 0.3) is 0 Å². The molecule has 0 aliphatic carbocycles. The van der Waals surface area contributed by atoms with E-state index in [1.54, 1.807) is 0 Å². The van der Waals surface area contributed by atoms with Crippen molar-refractivity contribution in [2.75, 3.05) is 13.2 Å². The number of hydrogen-bond donors (Lipinski definition) is 0. The van der Waals surface area contributed by atoms with Gasteiger partial charge in [-0.05, 0) is 45.3 Å². The van der Waals surface area contributed by atoms with Crippen molar-refractivity contribution in [1.29, 1.82) is 0 Å². The monoisotopic (exact) mass is 326 g/mol. The summed E-state index contributed by atoms with van der Waals surface area (Å²) < 4.78 is 50.7. The van der Waals surface area contributed by atoms with Gasteiger partial charge in [0.15, 0.2) is 17.4 Å². The van der Waals surface area contributed by atoms with Crippen molar-refractivity contribution in [2.24, 2.45) is 0 Å². The van der Waals surface area contributed by atoms with Crippen LogP contribution in [0.15, 0.2) is 12.1 Å². The van der Waals surface area contributed by atoms with Gasteiger partial charge in [0.2, 0.25) is 0 Å². The van der Waals surface area contributed by atoms with Crippen LogP contribution in [0.1, 0.15) is 34.1 Å². The average molecular weight is 326 g/mol. The van der Waals surface area contributed by atoms with E-state index in [4.69, 9.17) is 18.8 Å². The quantitative estimate of drug-likeness (QED) is 0.800. The second-order valence-electron chi connectivity index (χ2n) is 7.01. The van der Waals surface area contributed by atoms with Gasteiger partial charge in [-0.15, -0.1) is 0 Å². The van der Waals surface area contributed by atoms with Gasteiger partial charge in [-0.3, -0.25) is 0 Å². The fourth-order valence-corrected chi connectivity index (χ4v) is 2.58. The van der Waals surface area contributed by atoms with Gasteiger partial charge >= 0.3 is 7.12 Å². The van der Waals surface area contributed by atoms with Crippen LogP contribution >= 0.6 is 0 Å². The van der Waals surface area contributed by atoms with Crippen LogP contribution in [-0.2, 0) is 14.0 Å². The SMILES string of the molecule is CC1(C)OB(c2cc(F)c(O[C@H]3CCOC3)c(F)c2)OC1(C)C. The summed E-state index contributed by atoms with van der Waals surface area (Å²) in [6.45, 7) is 8.43. The Kier molecular flexibility index (Phi) is 4.15. The van der Waals surface area contributed by atoms with Gasteiger partial charge < -0.3 is 18.8 Å². The maximum atomic E-state index is 14.3. The molecule has 0 spiro atoms. The van der Waals surface area contributed by atoms with Crippen molar-refractivity contribution >= 4 is 12.6 Å². The summed E-state index contributed by atoms with van der Waals surface area (Å²) in [7, 11) is -0.812. The van der Waals surface area contributed by atoms with E-state index in [1.165, 1.54) is 12.1 Å². The Hall–Kier alpha value is -1.18. The molecule has 2 saturated heterocycles. The molecule has 0 radical (unpaired) electrons. The van der Waals surface area contributed by atoms with Gasteiger partial charge in [0.25, 0.3) is 0 Å². The van der Waals surface area contributed by atoms with Crippen LogP contribution in [0.4, 0.5) is 8.78 Å². The topological polar surface area (TPSA) is 36.9 Å². The molecule has 0 saturated carbocycles. The Morgan fingerprint density at radius 3 is 2.13 bits per heavy atom. The maximum Gasteiger partial charge on any atom is 0.495 e. The molecule has 126 valence electrons. The Morgan fingerprint density at radius 2 is 1.65 bits per heavy atom. The lowest BCUT2D eigenvalue weighted by atomic mass is 9.79. The lowest BCUT2D eigenvalue weighted by molar-refractivity contribution is 0.00578. The fourth-order valence-electron chi connectivity index (χ4n) is 2.58. The molecule has 3 rings (SSSR count). The Balaban J connectivity index is 1.83. The first-order chi connectivity index (χ1) is 10.7. The third-order valence-corrected chi connectivity index (χ3v) is 4.72. The fraction of sp³-hybridized carbons (Fsp3) is 0.625. The largest absolute Gasteiger partial charge is 0.495 e. The highest BCUT2D eigenvalue weighted by Crippen LogP contribution is 2.37. The molecule has 0 aromatic heterocycles. The van der Waals surface area contributed by atoms with E-state index in [9.17, 15) is 8.78 Å². The molecular weight excluding hydrogens is 305 g/mol. The molecule has 2 aliphatic heterocycles. The van der Waals surface area contributed by atoms with Crippen molar-refractivity contribution in [1.82, 2.24) is 0 Å². The lowest BCUT2D eigenvalue weighted by Gasteiger charge is -2.32. The van der Waals surface area contributed by atoms with E-state index >= 15 is 0 Å². The second-order valence-corrected chi connectivity index (χ2v) is 7.01. The van der Waals surface area contributed by atoms with E-state index in [2.05, 4.69) is 0 Å². The van der Waals surface area contributed by atoms with Crippen LogP contribution in [0.3, 0.4) is 0 Å². The van der Waals surface area contributed by atoms with Crippen LogP contribution in [0.5, 0.6) is 5.75 Å². The molecule has 4 nitrogen and oxygen atoms in total. The molecule has 1 atom stereocenters. The number of rotatable bonds is 3. The van der Waals surface area contributed by atoms with Gasteiger partial charge in [-0.2, -0.15) is 0 Å². The minimum Gasteiger partial charge on any atom is -0.482 e. The first-order valence-corrected chi connectivity index (χ1v) is 7.78. The first-order valence-electron chi connectivity index (χ1n) is 7.78. The lowest BCUT2D eigenvalue weighted by Crippen LogP contribution is -2.41. The zero-order valence-corrected chi connectivity index (χ0v) is 13.8. The van der Waals surface area contributed by atoms with Gasteiger partial charge in [0, 0.05) is 6.42 Å². The molecule has 0 bridgehead atoms. The first kappa shape index (κ1) is 16.7. The number of hydrogen-bond acceptors (Lipinski definition) is 4. The van der Waals surface area contributed by atoms with E-state index in [1.807, 2.05) is 27.7 Å². The number of ether oxygens (including phenoxy) is 2. The van der Waals surface area contributed by atoms with Gasteiger partial charge in [-0.1, -0.05) is 0 Å². The third kappa shape index (κ3) is 3.10. The van der Waals surface area contributed by atoms with E-state index in [-0.39, 0.29) is 11.9 Å². The maximum absolute atomic E-state index is 14.3. The summed E-state index contributed by atoms with van der Waals surface area (Å²) in [6, 6.07) is 2.41. The van der Waals surface area contributed by atoms with Crippen LogP contribution in [0.2, 0.25) is 0 Å². The molecule has 0 N–H and O–H groups in total. The highest BCUT2D eigenvalue weighted by molar-refractivity contribution is 6.62. The number of benzene rings is 1. The summed E-state index contributed by atoms with van der Waals surface area (Å²) in [4.78, 5) is 0. The molecule has 2 fully saturated rings. The Morgan fingerprint density at radius 1 is 1.09 bits per heavy atom. The van der Waals surface area contributed by atoms with Crippen LogP contribution < -0.4 is 10.2 Å². The molecule has 2 aliphatic rings. The number of halogens is 2. The molecule has 0 amide bonds. The molecule has 1 aromatic carbocycles. The van der Waals surface area contributed by atoms with Crippen LogP contribution in [0, 0.1) is 11.6 Å². The summed E-state index contributed by atoms with van der Waals surface area (Å²) in [5.74, 6) is -1.90. The zero-order valence-electron chi connectivity index (χ0n) is 13.8. The van der Waals surface area contributed by atoms with Gasteiger partial charge in [-0.25, -0.2) is 8.78 Å². The summed E-state index contributed by atoms with van der Waals surface area (Å²) >= 11 is 0. The van der Waals surface area contributed by atoms with E-state index in [0.717, 1.165) is 0 Å². The van der Waals surface area contributed by atoms with E-state index in [0.29, 0.717) is 25.1 Å². The predicted molar refractivity (Wildman–Crippen MR) is 81.9 cm³/mol. The summed E-state index contributed by atoms with van der Waals surface area (Å²) in [5, 5.41) is 0. The second kappa shape index (κ2) is 5.72. The molecule has 23 heavy (non-hydrogen) atoms. The minimum atomic E-state index is -0.812. The Labute approximate surface area is 135 Å². The predicted octanol–water partition coefficient (Wildman–Crippen LogP) is 2.43. The highest BCUT2D eigenvalue weighted by Gasteiger charge is 2.52. The smallest absolute Gasteiger partial charge is 0.482 e. The van der Waals surface area contributed by atoms with Crippen molar-refractivity contribution in [2.45, 2.75) is 51.4 Å². The molecule has 0 unspecified atom stereocenters. The molecule has 1 aromatic rings. The van der Waals surface area contributed by atoms with Crippen molar-refractivity contribution in [3.05, 3.63) is 23.8 Å². The minimum absolute atomic E-state index is 0.300. The Bertz CT molecular complexity index is 561.